The fourth-order valence-electron chi connectivity index (χ4n) is 5.83. The molecule has 0 amide bonds. The van der Waals surface area contributed by atoms with E-state index in [9.17, 15) is 0 Å². The topological polar surface area (TPSA) is 0 Å². The summed E-state index contributed by atoms with van der Waals surface area (Å²) >= 11 is -0.766. The number of rotatable bonds is 2. The third kappa shape index (κ3) is 3.70. The van der Waals surface area contributed by atoms with Crippen molar-refractivity contribution in [2.75, 3.05) is 0 Å². The van der Waals surface area contributed by atoms with Crippen molar-refractivity contribution in [1.82, 2.24) is 0 Å². The zero-order valence-electron chi connectivity index (χ0n) is 16.4. The number of hydrogen-bond acceptors (Lipinski definition) is 0. The van der Waals surface area contributed by atoms with Crippen LogP contribution in [-0.4, -0.2) is 0 Å². The SMILES string of the molecule is C=C1CC2C(C)=CC=C(C)C2[CH]1[Hf][CH]1CCC2C(C)=CC=C(C)C12.Cl.Cl. The Morgan fingerprint density at radius 1 is 0.769 bits per heavy atom. The Bertz CT molecular complexity index is 697. The molecule has 4 aliphatic carbocycles. The van der Waals surface area contributed by atoms with Crippen molar-refractivity contribution in [2.24, 2.45) is 23.7 Å². The molecule has 3 heteroatoms. The zero-order chi connectivity index (χ0) is 17.0. The fourth-order valence-corrected chi connectivity index (χ4v) is 15.0. The Hall–Kier alpha value is 0.150. The van der Waals surface area contributed by atoms with Gasteiger partial charge in [-0.1, -0.05) is 0 Å². The van der Waals surface area contributed by atoms with Crippen LogP contribution < -0.4 is 0 Å². The van der Waals surface area contributed by atoms with Gasteiger partial charge in [0.2, 0.25) is 0 Å². The largest absolute Gasteiger partial charge is 0.147 e. The van der Waals surface area contributed by atoms with Gasteiger partial charge in [0.1, 0.15) is 0 Å². The monoisotopic (exact) mass is 558 g/mol. The second kappa shape index (κ2) is 8.66. The van der Waals surface area contributed by atoms with Crippen molar-refractivity contribution in [3.05, 3.63) is 58.7 Å². The van der Waals surface area contributed by atoms with E-state index in [1.165, 1.54) is 19.3 Å². The van der Waals surface area contributed by atoms with E-state index in [0.717, 1.165) is 31.0 Å². The van der Waals surface area contributed by atoms with Crippen LogP contribution in [0.15, 0.2) is 58.7 Å². The minimum atomic E-state index is -0.766. The summed E-state index contributed by atoms with van der Waals surface area (Å²) in [6, 6.07) is 0. The molecule has 0 heterocycles. The van der Waals surface area contributed by atoms with Gasteiger partial charge >= 0.3 is 160 Å². The Morgan fingerprint density at radius 2 is 1.31 bits per heavy atom. The summed E-state index contributed by atoms with van der Waals surface area (Å²) in [6.45, 7) is 14.1. The molecular formula is C23H32Cl2Hf. The number of allylic oxidation sites excluding steroid dienone is 9. The summed E-state index contributed by atoms with van der Waals surface area (Å²) in [5.74, 6) is 3.34. The van der Waals surface area contributed by atoms with Crippen LogP contribution in [0.5, 0.6) is 0 Å². The van der Waals surface area contributed by atoms with Crippen molar-refractivity contribution in [3.63, 3.8) is 0 Å². The number of halogens is 2. The third-order valence-electron chi connectivity index (χ3n) is 7.20. The maximum absolute atomic E-state index is 4.58. The van der Waals surface area contributed by atoms with Crippen LogP contribution in [0.2, 0.25) is 7.35 Å². The van der Waals surface area contributed by atoms with Gasteiger partial charge in [0.15, 0.2) is 0 Å². The zero-order valence-corrected chi connectivity index (χ0v) is 21.6. The van der Waals surface area contributed by atoms with Crippen molar-refractivity contribution in [3.8, 4) is 0 Å². The van der Waals surface area contributed by atoms with Gasteiger partial charge in [0.05, 0.1) is 0 Å². The van der Waals surface area contributed by atoms with Gasteiger partial charge in [-0.15, -0.1) is 24.8 Å². The molecule has 0 spiro atoms. The summed E-state index contributed by atoms with van der Waals surface area (Å²) in [7, 11) is 0. The molecule has 0 saturated heterocycles. The Kier molecular flexibility index (Phi) is 7.48. The van der Waals surface area contributed by atoms with E-state index in [1.807, 2.05) is 0 Å². The van der Waals surface area contributed by atoms with Gasteiger partial charge in [-0.25, -0.2) is 0 Å². The van der Waals surface area contributed by atoms with E-state index < -0.39 is 22.9 Å². The van der Waals surface area contributed by atoms with Crippen molar-refractivity contribution >= 4 is 24.8 Å². The average Bonchev–Trinajstić information content (AvgIpc) is 3.11. The van der Waals surface area contributed by atoms with Crippen molar-refractivity contribution in [1.29, 1.82) is 0 Å². The van der Waals surface area contributed by atoms with Gasteiger partial charge < -0.3 is 0 Å². The molecule has 0 nitrogen and oxygen atoms in total. The Balaban J connectivity index is 0.00000121. The van der Waals surface area contributed by atoms with Gasteiger partial charge in [-0.05, 0) is 0 Å². The Morgan fingerprint density at radius 3 is 1.96 bits per heavy atom. The molecule has 6 atom stereocenters. The summed E-state index contributed by atoms with van der Waals surface area (Å²) in [4.78, 5) is 0. The predicted octanol–water partition coefficient (Wildman–Crippen LogP) is 7.52. The maximum Gasteiger partial charge on any atom is -0.147 e. The predicted molar refractivity (Wildman–Crippen MR) is 114 cm³/mol. The molecule has 26 heavy (non-hydrogen) atoms. The first-order valence-corrected chi connectivity index (χ1v) is 13.8. The first-order chi connectivity index (χ1) is 11.5. The van der Waals surface area contributed by atoms with Gasteiger partial charge in [-0.2, -0.15) is 0 Å². The second-order valence-electron chi connectivity index (χ2n) is 8.60. The van der Waals surface area contributed by atoms with Crippen molar-refractivity contribution < 1.29 is 22.9 Å². The second-order valence-corrected chi connectivity index (χ2v) is 14.7. The van der Waals surface area contributed by atoms with Crippen LogP contribution in [0.4, 0.5) is 0 Å². The van der Waals surface area contributed by atoms with Crippen LogP contribution in [-0.2, 0) is 22.9 Å². The molecule has 0 aliphatic heterocycles. The molecule has 2 fully saturated rings. The summed E-state index contributed by atoms with van der Waals surface area (Å²) in [6.07, 6.45) is 13.8. The first-order valence-electron chi connectivity index (χ1n) is 9.61. The van der Waals surface area contributed by atoms with Crippen LogP contribution in [0.25, 0.3) is 0 Å². The van der Waals surface area contributed by atoms with E-state index in [1.54, 1.807) is 27.9 Å². The summed E-state index contributed by atoms with van der Waals surface area (Å²) < 4.78 is 1.95. The first kappa shape index (κ1) is 22.4. The molecule has 0 aromatic carbocycles. The van der Waals surface area contributed by atoms with Crippen LogP contribution in [0.1, 0.15) is 47.0 Å². The normalized spacial score (nSPS) is 37.9. The molecule has 6 unspecified atom stereocenters. The molecule has 0 bridgehead atoms. The van der Waals surface area contributed by atoms with Gasteiger partial charge in [0, 0.05) is 0 Å². The fraction of sp³-hybridized carbons (Fsp3) is 0.565. The van der Waals surface area contributed by atoms with E-state index in [2.05, 4.69) is 58.6 Å². The van der Waals surface area contributed by atoms with E-state index >= 15 is 0 Å². The van der Waals surface area contributed by atoms with Crippen LogP contribution in [0, 0.1) is 23.7 Å². The van der Waals surface area contributed by atoms with E-state index in [0.29, 0.717) is 0 Å². The molecule has 4 aliphatic rings. The number of fused-ring (bicyclic) bond motifs is 2. The number of hydrogen-bond donors (Lipinski definition) is 0. The van der Waals surface area contributed by atoms with Crippen molar-refractivity contribution in [2.45, 2.75) is 54.3 Å². The molecular weight excluding hydrogens is 526 g/mol. The third-order valence-corrected chi connectivity index (χ3v) is 15.1. The minimum absolute atomic E-state index is 0. The van der Waals surface area contributed by atoms with E-state index in [-0.39, 0.29) is 24.8 Å². The Labute approximate surface area is 183 Å². The van der Waals surface area contributed by atoms with Crippen LogP contribution >= 0.6 is 24.8 Å². The smallest absolute Gasteiger partial charge is 0.147 e. The molecule has 0 radical (unpaired) electrons. The molecule has 2 saturated carbocycles. The summed E-state index contributed by atoms with van der Waals surface area (Å²) in [5, 5.41) is 0. The molecule has 4 rings (SSSR count). The van der Waals surface area contributed by atoms with Crippen LogP contribution in [0.3, 0.4) is 0 Å². The standard InChI is InChI=1S/C12H15.C11H15.2ClH.Hf/c1-8-6-11-9(2)4-5-10(3)12(11)7-8;1-8-6-7-9(2)11-5-3-4-10(8)11;;;/h4-6,11-12H,1,7H2,2-3H3;4,6-7,10-11H,3,5H2,1-2H3;2*1H;. The van der Waals surface area contributed by atoms with Gasteiger partial charge in [-0.3, -0.25) is 0 Å². The summed E-state index contributed by atoms with van der Waals surface area (Å²) in [5.41, 5.74) is 8.18. The molecule has 0 N–H and O–H groups in total. The molecule has 0 aromatic heterocycles. The van der Waals surface area contributed by atoms with E-state index in [4.69, 9.17) is 0 Å². The average molecular weight is 558 g/mol. The van der Waals surface area contributed by atoms with Gasteiger partial charge in [0.25, 0.3) is 0 Å². The minimum Gasteiger partial charge on any atom is -0.147 e. The quantitative estimate of drug-likeness (QED) is 0.243. The molecule has 0 aromatic rings. The maximum atomic E-state index is 4.58. The molecule has 142 valence electrons.